The highest BCUT2D eigenvalue weighted by molar-refractivity contribution is 14.1. The number of hydrogen-bond donors (Lipinski definition) is 0. The third-order valence-corrected chi connectivity index (χ3v) is 5.18. The van der Waals surface area contributed by atoms with E-state index in [4.69, 9.17) is 4.74 Å². The molecule has 3 atom stereocenters. The van der Waals surface area contributed by atoms with Gasteiger partial charge in [0, 0.05) is 15.4 Å². The third kappa shape index (κ3) is 1.57. The van der Waals surface area contributed by atoms with Gasteiger partial charge < -0.3 is 4.74 Å². The zero-order valence-corrected chi connectivity index (χ0v) is 12.0. The van der Waals surface area contributed by atoms with E-state index in [0.717, 1.165) is 0 Å². The Bertz CT molecular complexity index is 427. The molecule has 0 saturated heterocycles. The number of aryl methyl sites for hydroxylation is 2. The van der Waals surface area contributed by atoms with Gasteiger partial charge in [0.25, 0.3) is 0 Å². The van der Waals surface area contributed by atoms with Gasteiger partial charge in [-0.1, -0.05) is 46.7 Å². The maximum Gasteiger partial charge on any atom is 0.126 e. The molecule has 0 aromatic heterocycles. The summed E-state index contributed by atoms with van der Waals surface area (Å²) in [6, 6.07) is 4.57. The van der Waals surface area contributed by atoms with E-state index in [-0.39, 0.29) is 0 Å². The van der Waals surface area contributed by atoms with Crippen LogP contribution in [0.1, 0.15) is 41.9 Å². The van der Waals surface area contributed by atoms with E-state index >= 15 is 0 Å². The average molecular weight is 328 g/mol. The molecular weight excluding hydrogens is 311 g/mol. The molecule has 1 nitrogen and oxygen atoms in total. The molecule has 1 fully saturated rings. The van der Waals surface area contributed by atoms with E-state index in [1.165, 1.54) is 41.7 Å². The second-order valence-electron chi connectivity index (χ2n) is 5.14. The summed E-state index contributed by atoms with van der Waals surface area (Å²) in [5.74, 6) is 1.84. The molecule has 3 rings (SSSR count). The van der Waals surface area contributed by atoms with Crippen molar-refractivity contribution in [2.75, 3.05) is 0 Å². The predicted molar refractivity (Wildman–Crippen MR) is 74.7 cm³/mol. The molecule has 1 saturated carbocycles. The number of benzene rings is 1. The van der Waals surface area contributed by atoms with Crippen LogP contribution in [0.3, 0.4) is 0 Å². The zero-order chi connectivity index (χ0) is 11.3. The summed E-state index contributed by atoms with van der Waals surface area (Å²) in [5.41, 5.74) is 4.16. The van der Waals surface area contributed by atoms with Gasteiger partial charge in [0.2, 0.25) is 0 Å². The number of halogens is 1. The van der Waals surface area contributed by atoms with Gasteiger partial charge in [-0.2, -0.15) is 0 Å². The lowest BCUT2D eigenvalue weighted by molar-refractivity contribution is 0.176. The van der Waals surface area contributed by atoms with E-state index < -0.39 is 0 Å². The molecule has 2 aliphatic rings. The lowest BCUT2D eigenvalue weighted by Crippen LogP contribution is -2.32. The normalized spacial score (nSPS) is 31.8. The standard InChI is InChI=1S/C14H17IO/c1-8-6-9(2)13-11(7-8)10-4-3-5-12(15)14(10)16-13/h6-7,10,12,14H,3-5H2,1-2H3. The van der Waals surface area contributed by atoms with Crippen molar-refractivity contribution < 1.29 is 4.74 Å². The monoisotopic (exact) mass is 328 g/mol. The Labute approximate surface area is 111 Å². The summed E-state index contributed by atoms with van der Waals surface area (Å²) < 4.78 is 6.89. The van der Waals surface area contributed by atoms with Gasteiger partial charge in [-0.15, -0.1) is 0 Å². The molecule has 0 bridgehead atoms. The minimum absolute atomic E-state index is 0.435. The van der Waals surface area contributed by atoms with Crippen LogP contribution in [0.25, 0.3) is 0 Å². The van der Waals surface area contributed by atoms with Crippen LogP contribution in [0.4, 0.5) is 0 Å². The van der Waals surface area contributed by atoms with E-state index in [1.807, 2.05) is 0 Å². The quantitative estimate of drug-likeness (QED) is 0.514. The second-order valence-corrected chi connectivity index (χ2v) is 6.74. The first-order chi connectivity index (χ1) is 7.66. The van der Waals surface area contributed by atoms with Crippen LogP contribution in [0.2, 0.25) is 0 Å². The summed E-state index contributed by atoms with van der Waals surface area (Å²) in [7, 11) is 0. The third-order valence-electron chi connectivity index (χ3n) is 3.85. The average Bonchev–Trinajstić information content (AvgIpc) is 2.59. The molecule has 1 aromatic rings. The summed E-state index contributed by atoms with van der Waals surface area (Å²) in [5, 5.41) is 0. The van der Waals surface area contributed by atoms with Crippen molar-refractivity contribution in [2.45, 2.75) is 49.1 Å². The molecule has 2 heteroatoms. The Hall–Kier alpha value is -0.250. The summed E-state index contributed by atoms with van der Waals surface area (Å²) in [6.45, 7) is 4.36. The molecule has 1 aliphatic carbocycles. The van der Waals surface area contributed by atoms with Gasteiger partial charge in [0.15, 0.2) is 0 Å². The molecule has 0 spiro atoms. The maximum atomic E-state index is 6.20. The molecule has 3 unspecified atom stereocenters. The Morgan fingerprint density at radius 2 is 2.06 bits per heavy atom. The van der Waals surface area contributed by atoms with Crippen LogP contribution in [0, 0.1) is 13.8 Å². The number of alkyl halides is 1. The van der Waals surface area contributed by atoms with Crippen molar-refractivity contribution >= 4 is 22.6 Å². The fourth-order valence-corrected chi connectivity index (χ4v) is 4.25. The van der Waals surface area contributed by atoms with Crippen molar-refractivity contribution in [1.82, 2.24) is 0 Å². The topological polar surface area (TPSA) is 9.23 Å². The fraction of sp³-hybridized carbons (Fsp3) is 0.571. The molecule has 1 aromatic carbocycles. The summed E-state index contributed by atoms with van der Waals surface area (Å²) in [4.78, 5) is 0. The number of hydrogen-bond acceptors (Lipinski definition) is 1. The highest BCUT2D eigenvalue weighted by atomic mass is 127. The van der Waals surface area contributed by atoms with Gasteiger partial charge in [0.05, 0.1) is 0 Å². The van der Waals surface area contributed by atoms with Crippen LogP contribution in [-0.2, 0) is 0 Å². The zero-order valence-electron chi connectivity index (χ0n) is 9.79. The lowest BCUT2D eigenvalue weighted by Gasteiger charge is -2.29. The van der Waals surface area contributed by atoms with Crippen molar-refractivity contribution in [3.8, 4) is 5.75 Å². The van der Waals surface area contributed by atoms with Crippen LogP contribution in [0.15, 0.2) is 12.1 Å². The lowest BCUT2D eigenvalue weighted by atomic mass is 9.82. The Balaban J connectivity index is 2.07. The summed E-state index contributed by atoms with van der Waals surface area (Å²) in [6.07, 6.45) is 4.41. The van der Waals surface area contributed by atoms with Crippen LogP contribution >= 0.6 is 22.6 Å². The molecular formula is C14H17IO. The van der Waals surface area contributed by atoms with Crippen molar-refractivity contribution in [3.05, 3.63) is 28.8 Å². The van der Waals surface area contributed by atoms with E-state index in [0.29, 0.717) is 15.9 Å². The Morgan fingerprint density at radius 1 is 1.25 bits per heavy atom. The fourth-order valence-electron chi connectivity index (χ4n) is 3.16. The van der Waals surface area contributed by atoms with Gasteiger partial charge in [-0.05, 0) is 32.3 Å². The summed E-state index contributed by atoms with van der Waals surface area (Å²) >= 11 is 2.57. The van der Waals surface area contributed by atoms with Gasteiger partial charge in [0.1, 0.15) is 11.9 Å². The Morgan fingerprint density at radius 3 is 2.88 bits per heavy atom. The molecule has 0 amide bonds. The minimum Gasteiger partial charge on any atom is -0.488 e. The number of ether oxygens (including phenoxy) is 1. The first-order valence-corrected chi connectivity index (χ1v) is 7.33. The highest BCUT2D eigenvalue weighted by Crippen LogP contribution is 2.48. The van der Waals surface area contributed by atoms with Gasteiger partial charge >= 0.3 is 0 Å². The molecule has 0 N–H and O–H groups in total. The van der Waals surface area contributed by atoms with Crippen molar-refractivity contribution in [2.24, 2.45) is 0 Å². The molecule has 1 aliphatic heterocycles. The minimum atomic E-state index is 0.435. The molecule has 16 heavy (non-hydrogen) atoms. The predicted octanol–water partition coefficient (Wildman–Crippen LogP) is 4.14. The van der Waals surface area contributed by atoms with Crippen LogP contribution in [-0.4, -0.2) is 10.0 Å². The largest absolute Gasteiger partial charge is 0.488 e. The molecule has 86 valence electrons. The van der Waals surface area contributed by atoms with Crippen LogP contribution < -0.4 is 4.74 Å². The number of rotatable bonds is 0. The first kappa shape index (κ1) is 10.9. The molecule has 0 radical (unpaired) electrons. The van der Waals surface area contributed by atoms with E-state index in [1.54, 1.807) is 0 Å². The van der Waals surface area contributed by atoms with Crippen molar-refractivity contribution in [1.29, 1.82) is 0 Å². The van der Waals surface area contributed by atoms with Gasteiger partial charge in [-0.3, -0.25) is 0 Å². The smallest absolute Gasteiger partial charge is 0.126 e. The van der Waals surface area contributed by atoms with Crippen molar-refractivity contribution in [3.63, 3.8) is 0 Å². The van der Waals surface area contributed by atoms with Gasteiger partial charge in [-0.25, -0.2) is 0 Å². The SMILES string of the molecule is Cc1cc(C)c2c(c1)C1CCCC(I)C1O2. The second kappa shape index (κ2) is 3.90. The van der Waals surface area contributed by atoms with Crippen LogP contribution in [0.5, 0.6) is 5.75 Å². The number of fused-ring (bicyclic) bond motifs is 3. The first-order valence-electron chi connectivity index (χ1n) is 6.08. The highest BCUT2D eigenvalue weighted by Gasteiger charge is 2.41. The van der Waals surface area contributed by atoms with E-state index in [2.05, 4.69) is 48.6 Å². The molecule has 1 heterocycles. The maximum absolute atomic E-state index is 6.20. The van der Waals surface area contributed by atoms with E-state index in [9.17, 15) is 0 Å². The Kier molecular flexibility index (Phi) is 2.65.